The maximum absolute atomic E-state index is 11.9. The maximum atomic E-state index is 11.9. The SMILES string of the molecule is Fc1[c-]c(F)ccc1.[Zn+][I]. The van der Waals surface area contributed by atoms with Crippen molar-refractivity contribution in [3.8, 4) is 0 Å². The van der Waals surface area contributed by atoms with Crippen LogP contribution in [0.3, 0.4) is 0 Å². The van der Waals surface area contributed by atoms with Crippen LogP contribution in [0.1, 0.15) is 0 Å². The van der Waals surface area contributed by atoms with Gasteiger partial charge in [0.2, 0.25) is 0 Å². The van der Waals surface area contributed by atoms with E-state index in [-0.39, 0.29) is 0 Å². The third-order valence-electron chi connectivity index (χ3n) is 0.724. The molecule has 0 aromatic heterocycles. The first kappa shape index (κ1) is 10.4. The van der Waals surface area contributed by atoms with Gasteiger partial charge in [0.05, 0.1) is 0 Å². The molecule has 0 nitrogen and oxygen atoms in total. The van der Waals surface area contributed by atoms with Gasteiger partial charge < -0.3 is 0 Å². The minimum absolute atomic E-state index is 0.662. The molecule has 0 aliphatic heterocycles. The average molecular weight is 305 g/mol. The summed E-state index contributed by atoms with van der Waals surface area (Å²) in [6.45, 7) is 0. The number of hydrogen-bond acceptors (Lipinski definition) is 0. The molecule has 0 fully saturated rings. The van der Waals surface area contributed by atoms with Crippen molar-refractivity contribution >= 4 is 19.8 Å². The van der Waals surface area contributed by atoms with Gasteiger partial charge in [0.25, 0.3) is 0 Å². The van der Waals surface area contributed by atoms with E-state index in [1.807, 2.05) is 6.07 Å². The van der Waals surface area contributed by atoms with Gasteiger partial charge >= 0.3 is 34.5 Å². The molecule has 0 heterocycles. The van der Waals surface area contributed by atoms with Crippen molar-refractivity contribution in [3.63, 3.8) is 0 Å². The molecule has 1 rings (SSSR count). The summed E-state index contributed by atoms with van der Waals surface area (Å²) in [6.07, 6.45) is 0. The fraction of sp³-hybridized carbons (Fsp3) is 0. The standard InChI is InChI=1S/C6H3F2.HI.Zn/c7-5-2-1-3-6(8)4-5;;/h1-3H;1H;/q-1;;+2/p-1. The van der Waals surface area contributed by atoms with Gasteiger partial charge in [0.15, 0.2) is 0 Å². The second kappa shape index (κ2) is 6.16. The Balaban J connectivity index is 0.000000371. The minimum atomic E-state index is -0.662. The fourth-order valence-corrected chi connectivity index (χ4v) is 0.414. The van der Waals surface area contributed by atoms with E-state index in [0.717, 1.165) is 12.1 Å². The first-order valence-corrected chi connectivity index (χ1v) is 11.4. The molecule has 0 radical (unpaired) electrons. The van der Waals surface area contributed by atoms with Crippen molar-refractivity contribution in [1.29, 1.82) is 0 Å². The summed E-state index contributed by atoms with van der Waals surface area (Å²) in [5, 5.41) is 0. The molecule has 1 aromatic carbocycles. The molecule has 0 saturated heterocycles. The Morgan fingerprint density at radius 1 is 1.20 bits per heavy atom. The average Bonchev–Trinajstić information content (AvgIpc) is 1.91. The van der Waals surface area contributed by atoms with Gasteiger partial charge in [0, 0.05) is 11.6 Å². The van der Waals surface area contributed by atoms with Crippen LogP contribution in [0.4, 0.5) is 8.78 Å². The van der Waals surface area contributed by atoms with Crippen molar-refractivity contribution in [3.05, 3.63) is 35.9 Å². The molecule has 0 spiro atoms. The van der Waals surface area contributed by atoms with E-state index in [1.165, 1.54) is 20.9 Å². The van der Waals surface area contributed by atoms with Crippen molar-refractivity contribution < 1.29 is 23.6 Å². The van der Waals surface area contributed by atoms with E-state index < -0.39 is 11.6 Å². The van der Waals surface area contributed by atoms with Crippen molar-refractivity contribution in [2.24, 2.45) is 0 Å². The normalized spacial score (nSPS) is 8.10. The van der Waals surface area contributed by atoms with Crippen LogP contribution in [0.2, 0.25) is 0 Å². The summed E-state index contributed by atoms with van der Waals surface area (Å²) in [4.78, 5) is 0. The molecular formula is C6H3F2IZn. The van der Waals surface area contributed by atoms with E-state index >= 15 is 0 Å². The molecule has 50 valence electrons. The Kier molecular flexibility index (Phi) is 6.43. The van der Waals surface area contributed by atoms with E-state index in [2.05, 4.69) is 19.8 Å². The Hall–Kier alpha value is 0.433. The van der Waals surface area contributed by atoms with Gasteiger partial charge in [-0.15, -0.1) is 18.2 Å². The summed E-state index contributed by atoms with van der Waals surface area (Å²) in [6, 6.07) is 5.41. The van der Waals surface area contributed by atoms with Gasteiger partial charge in [-0.1, -0.05) is 0 Å². The topological polar surface area (TPSA) is 0 Å². The zero-order valence-corrected chi connectivity index (χ0v) is 10.2. The Morgan fingerprint density at radius 2 is 1.60 bits per heavy atom. The molecule has 0 atom stereocenters. The number of halogens is 3. The third-order valence-corrected chi connectivity index (χ3v) is 0.724. The van der Waals surface area contributed by atoms with Crippen LogP contribution in [-0.2, 0) is 14.8 Å². The summed E-state index contributed by atoms with van der Waals surface area (Å²) >= 11 is 3.62. The van der Waals surface area contributed by atoms with E-state index in [9.17, 15) is 8.78 Å². The quantitative estimate of drug-likeness (QED) is 0.393. The van der Waals surface area contributed by atoms with Gasteiger partial charge in [0.1, 0.15) is 0 Å². The number of rotatable bonds is 0. The molecule has 0 saturated carbocycles. The molecule has 1 aromatic rings. The first-order valence-electron chi connectivity index (χ1n) is 2.39. The number of hydrogen-bond donors (Lipinski definition) is 0. The molecule has 4 heteroatoms. The molecule has 0 N–H and O–H groups in total. The van der Waals surface area contributed by atoms with Gasteiger partial charge in [-0.2, -0.15) is 6.07 Å². The van der Waals surface area contributed by atoms with Gasteiger partial charge in [-0.3, -0.25) is 0 Å². The van der Waals surface area contributed by atoms with Crippen molar-refractivity contribution in [2.45, 2.75) is 0 Å². The van der Waals surface area contributed by atoms with Crippen LogP contribution in [0.5, 0.6) is 0 Å². The first-order chi connectivity index (χ1) is 4.79. The molecule has 0 amide bonds. The monoisotopic (exact) mass is 304 g/mol. The van der Waals surface area contributed by atoms with E-state index in [1.54, 1.807) is 0 Å². The van der Waals surface area contributed by atoms with Crippen LogP contribution >= 0.6 is 19.8 Å². The van der Waals surface area contributed by atoms with Crippen LogP contribution in [0, 0.1) is 17.7 Å². The second-order valence-corrected chi connectivity index (χ2v) is 1.35. The zero-order chi connectivity index (χ0) is 7.98. The molecule has 0 bridgehead atoms. The van der Waals surface area contributed by atoms with Gasteiger partial charge in [-0.05, 0) is 0 Å². The van der Waals surface area contributed by atoms with E-state index in [0.29, 0.717) is 0 Å². The summed E-state index contributed by atoms with van der Waals surface area (Å²) < 4.78 is 23.7. The van der Waals surface area contributed by atoms with Gasteiger partial charge in [-0.25, -0.2) is 8.78 Å². The Bertz CT molecular complexity index is 176. The molecular weight excluding hydrogens is 302 g/mol. The summed E-state index contributed by atoms with van der Waals surface area (Å²) in [7, 11) is 0. The van der Waals surface area contributed by atoms with Crippen LogP contribution in [-0.4, -0.2) is 0 Å². The molecule has 0 aliphatic rings. The third kappa shape index (κ3) is 4.28. The van der Waals surface area contributed by atoms with Crippen LogP contribution in [0.15, 0.2) is 18.2 Å². The van der Waals surface area contributed by atoms with Crippen molar-refractivity contribution in [1.82, 2.24) is 0 Å². The van der Waals surface area contributed by atoms with E-state index in [4.69, 9.17) is 0 Å². The molecule has 0 aliphatic carbocycles. The van der Waals surface area contributed by atoms with Crippen molar-refractivity contribution in [2.75, 3.05) is 0 Å². The molecule has 10 heavy (non-hydrogen) atoms. The Labute approximate surface area is 78.9 Å². The second-order valence-electron chi connectivity index (χ2n) is 1.35. The number of benzene rings is 1. The van der Waals surface area contributed by atoms with Crippen LogP contribution < -0.4 is 0 Å². The van der Waals surface area contributed by atoms with Crippen LogP contribution in [0.25, 0.3) is 0 Å². The molecule has 0 unspecified atom stereocenters. The summed E-state index contributed by atoms with van der Waals surface area (Å²) in [5.74, 6) is -1.32. The Morgan fingerprint density at radius 3 is 1.80 bits per heavy atom. The zero-order valence-electron chi connectivity index (χ0n) is 5.07. The summed E-state index contributed by atoms with van der Waals surface area (Å²) in [5.41, 5.74) is 0. The fourth-order valence-electron chi connectivity index (χ4n) is 0.414. The predicted octanol–water partition coefficient (Wildman–Crippen LogP) is 2.65. The predicted molar refractivity (Wildman–Crippen MR) is 39.2 cm³/mol.